The van der Waals surface area contributed by atoms with E-state index in [1.807, 2.05) is 29.7 Å². The van der Waals surface area contributed by atoms with E-state index in [4.69, 9.17) is 4.98 Å². The van der Waals surface area contributed by atoms with Crippen LogP contribution in [0.5, 0.6) is 0 Å². The molecule has 0 atom stereocenters. The van der Waals surface area contributed by atoms with Gasteiger partial charge in [0, 0.05) is 35.8 Å². The molecule has 0 bridgehead atoms. The summed E-state index contributed by atoms with van der Waals surface area (Å²) in [6.45, 7) is 7.42. The smallest absolute Gasteiger partial charge is 0.0991 e. The van der Waals surface area contributed by atoms with Crippen molar-refractivity contribution in [3.63, 3.8) is 0 Å². The van der Waals surface area contributed by atoms with Crippen LogP contribution in [0.25, 0.3) is 0 Å². The Balaban J connectivity index is 2.10. The van der Waals surface area contributed by atoms with Gasteiger partial charge >= 0.3 is 0 Å². The molecule has 19 heavy (non-hydrogen) atoms. The minimum atomic E-state index is 0.506. The SMILES string of the molecule is CCc1nc(Cc2ccccn2)sc1CNC(C)C. The summed E-state index contributed by atoms with van der Waals surface area (Å²) >= 11 is 1.81. The molecule has 1 N–H and O–H groups in total. The lowest BCUT2D eigenvalue weighted by molar-refractivity contribution is 0.590. The van der Waals surface area contributed by atoms with Crippen molar-refractivity contribution in [3.8, 4) is 0 Å². The van der Waals surface area contributed by atoms with Gasteiger partial charge < -0.3 is 5.32 Å². The molecular weight excluding hydrogens is 254 g/mol. The third kappa shape index (κ3) is 4.11. The molecule has 4 heteroatoms. The van der Waals surface area contributed by atoms with Crippen LogP contribution in [-0.4, -0.2) is 16.0 Å². The van der Waals surface area contributed by atoms with E-state index in [0.29, 0.717) is 6.04 Å². The van der Waals surface area contributed by atoms with Gasteiger partial charge in [-0.2, -0.15) is 0 Å². The molecule has 0 aromatic carbocycles. The number of hydrogen-bond acceptors (Lipinski definition) is 4. The third-order valence-electron chi connectivity index (χ3n) is 2.89. The molecule has 0 aliphatic heterocycles. The van der Waals surface area contributed by atoms with Crippen LogP contribution in [0.1, 0.15) is 42.0 Å². The molecule has 0 aliphatic rings. The van der Waals surface area contributed by atoms with Gasteiger partial charge in [0.25, 0.3) is 0 Å². The number of nitrogens with zero attached hydrogens (tertiary/aromatic N) is 2. The summed E-state index contributed by atoms with van der Waals surface area (Å²) < 4.78 is 0. The average molecular weight is 275 g/mol. The molecule has 102 valence electrons. The summed E-state index contributed by atoms with van der Waals surface area (Å²) in [7, 11) is 0. The van der Waals surface area contributed by atoms with Gasteiger partial charge in [-0.25, -0.2) is 4.98 Å². The van der Waals surface area contributed by atoms with Crippen LogP contribution < -0.4 is 5.32 Å². The molecule has 2 heterocycles. The fourth-order valence-corrected chi connectivity index (χ4v) is 3.00. The fraction of sp³-hybridized carbons (Fsp3) is 0.467. The number of aryl methyl sites for hydroxylation is 1. The van der Waals surface area contributed by atoms with Gasteiger partial charge in [-0.05, 0) is 18.6 Å². The normalized spacial score (nSPS) is 11.2. The first-order chi connectivity index (χ1) is 9.19. The minimum Gasteiger partial charge on any atom is -0.310 e. The van der Waals surface area contributed by atoms with Crippen molar-refractivity contribution in [2.24, 2.45) is 0 Å². The quantitative estimate of drug-likeness (QED) is 0.880. The van der Waals surface area contributed by atoms with E-state index in [-0.39, 0.29) is 0 Å². The number of nitrogens with one attached hydrogen (secondary N) is 1. The van der Waals surface area contributed by atoms with Gasteiger partial charge in [-0.3, -0.25) is 4.98 Å². The van der Waals surface area contributed by atoms with Crippen molar-refractivity contribution in [3.05, 3.63) is 45.7 Å². The Morgan fingerprint density at radius 3 is 2.79 bits per heavy atom. The Morgan fingerprint density at radius 2 is 2.16 bits per heavy atom. The van der Waals surface area contributed by atoms with E-state index in [2.05, 4.69) is 37.1 Å². The largest absolute Gasteiger partial charge is 0.310 e. The van der Waals surface area contributed by atoms with Crippen LogP contribution in [0, 0.1) is 0 Å². The summed E-state index contributed by atoms with van der Waals surface area (Å²) in [4.78, 5) is 10.5. The van der Waals surface area contributed by atoms with Gasteiger partial charge in [0.15, 0.2) is 0 Å². The molecule has 0 aliphatic carbocycles. The molecule has 3 nitrogen and oxygen atoms in total. The maximum absolute atomic E-state index is 4.74. The first-order valence-electron chi connectivity index (χ1n) is 6.79. The molecule has 2 aromatic heterocycles. The maximum Gasteiger partial charge on any atom is 0.0991 e. The predicted molar refractivity (Wildman–Crippen MR) is 80.5 cm³/mol. The van der Waals surface area contributed by atoms with E-state index in [0.717, 1.165) is 30.1 Å². The van der Waals surface area contributed by atoms with Crippen LogP contribution in [0.15, 0.2) is 24.4 Å². The zero-order chi connectivity index (χ0) is 13.7. The van der Waals surface area contributed by atoms with Crippen molar-refractivity contribution < 1.29 is 0 Å². The molecule has 0 saturated heterocycles. The Labute approximate surface area is 119 Å². The second-order valence-corrected chi connectivity index (χ2v) is 6.03. The number of pyridine rings is 1. The van der Waals surface area contributed by atoms with Gasteiger partial charge in [-0.1, -0.05) is 26.8 Å². The molecule has 0 radical (unpaired) electrons. The topological polar surface area (TPSA) is 37.8 Å². The van der Waals surface area contributed by atoms with Gasteiger partial charge in [0.1, 0.15) is 0 Å². The highest BCUT2D eigenvalue weighted by atomic mass is 32.1. The lowest BCUT2D eigenvalue weighted by Gasteiger charge is -2.06. The predicted octanol–water partition coefficient (Wildman–Crippen LogP) is 3.19. The Kier molecular flexibility index (Phi) is 5.05. The highest BCUT2D eigenvalue weighted by Gasteiger charge is 2.10. The number of hydrogen-bond donors (Lipinski definition) is 1. The van der Waals surface area contributed by atoms with E-state index in [1.54, 1.807) is 0 Å². The van der Waals surface area contributed by atoms with E-state index < -0.39 is 0 Å². The average Bonchev–Trinajstić information content (AvgIpc) is 2.79. The first kappa shape index (κ1) is 14.2. The van der Waals surface area contributed by atoms with Crippen LogP contribution in [0.3, 0.4) is 0 Å². The molecule has 2 aromatic rings. The van der Waals surface area contributed by atoms with Crippen molar-refractivity contribution >= 4 is 11.3 Å². The Morgan fingerprint density at radius 1 is 1.32 bits per heavy atom. The van der Waals surface area contributed by atoms with E-state index >= 15 is 0 Å². The first-order valence-corrected chi connectivity index (χ1v) is 7.61. The van der Waals surface area contributed by atoms with Crippen LogP contribution in [0.2, 0.25) is 0 Å². The van der Waals surface area contributed by atoms with Crippen molar-refractivity contribution in [2.75, 3.05) is 0 Å². The highest BCUT2D eigenvalue weighted by molar-refractivity contribution is 7.11. The van der Waals surface area contributed by atoms with E-state index in [9.17, 15) is 0 Å². The minimum absolute atomic E-state index is 0.506. The van der Waals surface area contributed by atoms with Crippen LogP contribution >= 0.6 is 11.3 Å². The summed E-state index contributed by atoms with van der Waals surface area (Å²) in [5, 5.41) is 4.63. The Hall–Kier alpha value is -1.26. The van der Waals surface area contributed by atoms with E-state index in [1.165, 1.54) is 10.6 Å². The zero-order valence-corrected chi connectivity index (χ0v) is 12.6. The number of thiazole rings is 1. The maximum atomic E-state index is 4.74. The van der Waals surface area contributed by atoms with Gasteiger partial charge in [0.2, 0.25) is 0 Å². The van der Waals surface area contributed by atoms with Crippen molar-refractivity contribution in [1.82, 2.24) is 15.3 Å². The number of aromatic nitrogens is 2. The lowest BCUT2D eigenvalue weighted by Crippen LogP contribution is -2.21. The summed E-state index contributed by atoms with van der Waals surface area (Å²) in [6, 6.07) is 6.53. The molecule has 0 spiro atoms. The molecule has 2 rings (SSSR count). The highest BCUT2D eigenvalue weighted by Crippen LogP contribution is 2.21. The Bertz CT molecular complexity index is 505. The lowest BCUT2D eigenvalue weighted by atomic mass is 10.2. The summed E-state index contributed by atoms with van der Waals surface area (Å²) in [6.07, 6.45) is 3.67. The van der Waals surface area contributed by atoms with Gasteiger partial charge in [0.05, 0.1) is 10.7 Å². The number of rotatable bonds is 6. The molecular formula is C15H21N3S. The van der Waals surface area contributed by atoms with Crippen molar-refractivity contribution in [1.29, 1.82) is 0 Å². The van der Waals surface area contributed by atoms with Crippen LogP contribution in [0.4, 0.5) is 0 Å². The monoisotopic (exact) mass is 275 g/mol. The zero-order valence-electron chi connectivity index (χ0n) is 11.8. The summed E-state index contributed by atoms with van der Waals surface area (Å²) in [5.74, 6) is 0. The standard InChI is InChI=1S/C15H21N3S/c1-4-13-14(10-17-11(2)3)19-15(18-13)9-12-7-5-6-8-16-12/h5-8,11,17H,4,9-10H2,1-3H3. The second-order valence-electron chi connectivity index (χ2n) is 4.86. The molecule has 0 saturated carbocycles. The fourth-order valence-electron chi connectivity index (χ4n) is 1.88. The third-order valence-corrected chi connectivity index (χ3v) is 3.98. The van der Waals surface area contributed by atoms with Crippen LogP contribution in [-0.2, 0) is 19.4 Å². The molecule has 0 fully saturated rings. The molecule has 0 unspecified atom stereocenters. The summed E-state index contributed by atoms with van der Waals surface area (Å²) in [5.41, 5.74) is 2.31. The molecule has 0 amide bonds. The van der Waals surface area contributed by atoms with Crippen molar-refractivity contribution in [2.45, 2.75) is 46.2 Å². The second kappa shape index (κ2) is 6.78. The van der Waals surface area contributed by atoms with Gasteiger partial charge in [-0.15, -0.1) is 11.3 Å².